The number of morpholine rings is 1. The third-order valence-corrected chi connectivity index (χ3v) is 5.11. The molecule has 0 N–H and O–H groups in total. The normalized spacial score (nSPS) is 22.3. The number of aliphatic imine (C=N–C) groups is 1. The van der Waals surface area contributed by atoms with Crippen LogP contribution in [0.5, 0.6) is 0 Å². The van der Waals surface area contributed by atoms with Crippen molar-refractivity contribution in [3.63, 3.8) is 0 Å². The summed E-state index contributed by atoms with van der Waals surface area (Å²) >= 11 is 5.87. The largest absolute Gasteiger partial charge is 0.442 e. The number of halogens is 2. The minimum absolute atomic E-state index is 0.0679. The number of carbonyl (C=O) groups excluding carboxylic acids is 1. The van der Waals surface area contributed by atoms with Gasteiger partial charge in [0.2, 0.25) is 0 Å². The number of carbonyl (C=O) groups is 1. The number of rotatable bonds is 5. The number of anilines is 2. The molecular weight excluding hydrogens is 397 g/mol. The molecule has 2 aliphatic rings. The number of hydrogen-bond acceptors (Lipinski definition) is 5. The zero-order valence-electron chi connectivity index (χ0n) is 15.7. The van der Waals surface area contributed by atoms with Gasteiger partial charge in [-0.25, -0.2) is 9.18 Å². The van der Waals surface area contributed by atoms with Gasteiger partial charge in [-0.3, -0.25) is 9.89 Å². The van der Waals surface area contributed by atoms with E-state index >= 15 is 0 Å². The smallest absolute Gasteiger partial charge is 0.414 e. The minimum Gasteiger partial charge on any atom is -0.442 e. The quantitative estimate of drug-likeness (QED) is 0.546. The molecule has 2 heterocycles. The molecule has 2 aromatic rings. The predicted octanol–water partition coefficient (Wildman–Crippen LogP) is 3.92. The fourth-order valence-electron chi connectivity index (χ4n) is 3.34. The van der Waals surface area contributed by atoms with E-state index in [-0.39, 0.29) is 12.7 Å². The molecule has 0 unspecified atom stereocenters. The number of alkyl halides is 1. The Balaban J connectivity index is 1.35. The molecule has 1 amide bonds. The average molecular weight is 418 g/mol. The van der Waals surface area contributed by atoms with Crippen molar-refractivity contribution in [2.45, 2.75) is 12.4 Å². The Bertz CT molecular complexity index is 876. The van der Waals surface area contributed by atoms with Crippen molar-refractivity contribution in [1.82, 2.24) is 0 Å². The Labute approximate surface area is 173 Å². The minimum atomic E-state index is -1.16. The Hall–Kier alpha value is -2.64. The van der Waals surface area contributed by atoms with E-state index in [0.717, 1.165) is 11.3 Å². The number of hydrogen-bond donors (Lipinski definition) is 0. The number of ether oxygens (including phenoxy) is 2. The van der Waals surface area contributed by atoms with E-state index in [1.165, 1.54) is 0 Å². The zero-order chi connectivity index (χ0) is 20.2. The van der Waals surface area contributed by atoms with E-state index < -0.39 is 12.4 Å². The summed E-state index contributed by atoms with van der Waals surface area (Å²) in [6, 6.07) is 14.6. The van der Waals surface area contributed by atoms with Crippen molar-refractivity contribution < 1.29 is 18.7 Å². The number of benzene rings is 2. The van der Waals surface area contributed by atoms with Gasteiger partial charge in [-0.1, -0.05) is 23.7 Å². The van der Waals surface area contributed by atoms with E-state index in [9.17, 15) is 9.18 Å². The highest BCUT2D eigenvalue weighted by Crippen LogP contribution is 2.27. The standard InChI is InChI=1S/C21H21ClFN3O3/c22-16-3-1-15(2-4-16)11-24-12-19-13-26(21(27)29-19)18-7-5-17(6-8-18)25-9-10-28-14-20(25)23/h1-8,11,19-20H,9-10,12-14H2/t19-,20+/m0/s1. The lowest BCUT2D eigenvalue weighted by Crippen LogP contribution is -2.42. The first-order chi connectivity index (χ1) is 14.1. The molecule has 29 heavy (non-hydrogen) atoms. The second-order valence-electron chi connectivity index (χ2n) is 6.88. The molecular formula is C21H21ClFN3O3. The van der Waals surface area contributed by atoms with E-state index in [0.29, 0.717) is 37.0 Å². The van der Waals surface area contributed by atoms with Crippen LogP contribution in [0.1, 0.15) is 5.56 Å². The van der Waals surface area contributed by atoms with Crippen molar-refractivity contribution >= 4 is 35.3 Å². The van der Waals surface area contributed by atoms with E-state index in [1.54, 1.807) is 40.3 Å². The van der Waals surface area contributed by atoms with Crippen LogP contribution in [0.3, 0.4) is 0 Å². The van der Waals surface area contributed by atoms with E-state index in [4.69, 9.17) is 21.1 Å². The molecule has 2 atom stereocenters. The van der Waals surface area contributed by atoms with Gasteiger partial charge in [0, 0.05) is 29.2 Å². The monoisotopic (exact) mass is 417 g/mol. The molecule has 4 rings (SSSR count). The van der Waals surface area contributed by atoms with E-state index in [2.05, 4.69) is 4.99 Å². The van der Waals surface area contributed by atoms with Crippen LogP contribution in [0.4, 0.5) is 20.6 Å². The molecule has 2 aromatic carbocycles. The molecule has 2 saturated heterocycles. The zero-order valence-corrected chi connectivity index (χ0v) is 16.5. The van der Waals surface area contributed by atoms with Gasteiger partial charge in [0.05, 0.1) is 26.3 Å². The van der Waals surface area contributed by atoms with Crippen LogP contribution in [0.2, 0.25) is 5.02 Å². The fraction of sp³-hybridized carbons (Fsp3) is 0.333. The summed E-state index contributed by atoms with van der Waals surface area (Å²) in [4.78, 5) is 19.8. The molecule has 2 aliphatic heterocycles. The van der Waals surface area contributed by atoms with Crippen LogP contribution in [0.15, 0.2) is 53.5 Å². The van der Waals surface area contributed by atoms with Crippen LogP contribution >= 0.6 is 11.6 Å². The Morgan fingerprint density at radius 1 is 1.14 bits per heavy atom. The summed E-state index contributed by atoms with van der Waals surface area (Å²) in [5, 5.41) is 0.671. The number of amides is 1. The molecule has 2 fully saturated rings. The summed E-state index contributed by atoms with van der Waals surface area (Å²) in [5.41, 5.74) is 2.41. The third kappa shape index (κ3) is 4.68. The molecule has 0 bridgehead atoms. The van der Waals surface area contributed by atoms with Crippen molar-refractivity contribution in [3.05, 3.63) is 59.1 Å². The molecule has 0 aromatic heterocycles. The summed E-state index contributed by atoms with van der Waals surface area (Å²) in [6.45, 7) is 1.86. The van der Waals surface area contributed by atoms with Gasteiger partial charge >= 0.3 is 6.09 Å². The van der Waals surface area contributed by atoms with Gasteiger partial charge in [0.25, 0.3) is 0 Å². The summed E-state index contributed by atoms with van der Waals surface area (Å²) in [7, 11) is 0. The van der Waals surface area contributed by atoms with Crippen molar-refractivity contribution in [2.24, 2.45) is 4.99 Å². The predicted molar refractivity (Wildman–Crippen MR) is 111 cm³/mol. The Morgan fingerprint density at radius 2 is 1.86 bits per heavy atom. The van der Waals surface area contributed by atoms with Crippen LogP contribution in [0.25, 0.3) is 0 Å². The molecule has 0 radical (unpaired) electrons. The average Bonchev–Trinajstić information content (AvgIpc) is 3.10. The lowest BCUT2D eigenvalue weighted by Gasteiger charge is -2.32. The fourth-order valence-corrected chi connectivity index (χ4v) is 3.47. The second-order valence-corrected chi connectivity index (χ2v) is 7.32. The summed E-state index contributed by atoms with van der Waals surface area (Å²) in [6.07, 6.45) is -0.147. The van der Waals surface area contributed by atoms with Crippen LogP contribution in [-0.4, -0.2) is 57.6 Å². The van der Waals surface area contributed by atoms with Gasteiger partial charge in [-0.2, -0.15) is 0 Å². The van der Waals surface area contributed by atoms with E-state index in [1.807, 2.05) is 24.3 Å². The highest BCUT2D eigenvalue weighted by molar-refractivity contribution is 6.30. The van der Waals surface area contributed by atoms with Crippen LogP contribution in [0, 0.1) is 0 Å². The molecule has 0 saturated carbocycles. The lowest BCUT2D eigenvalue weighted by molar-refractivity contribution is 0.0497. The molecule has 0 spiro atoms. The van der Waals surface area contributed by atoms with Crippen molar-refractivity contribution in [1.29, 1.82) is 0 Å². The number of nitrogens with zero attached hydrogens (tertiary/aromatic N) is 3. The van der Waals surface area contributed by atoms with Gasteiger partial charge in [-0.05, 0) is 42.0 Å². The maximum atomic E-state index is 14.0. The summed E-state index contributed by atoms with van der Waals surface area (Å²) in [5.74, 6) is 0. The molecule has 8 heteroatoms. The first-order valence-corrected chi connectivity index (χ1v) is 9.80. The maximum Gasteiger partial charge on any atom is 0.414 e. The SMILES string of the molecule is O=C1O[C@@H](CN=Cc2ccc(Cl)cc2)CN1c1ccc(N2CCOC[C@@H]2F)cc1. The van der Waals surface area contributed by atoms with Gasteiger partial charge < -0.3 is 14.4 Å². The van der Waals surface area contributed by atoms with Crippen LogP contribution in [-0.2, 0) is 9.47 Å². The second kappa shape index (κ2) is 8.80. The highest BCUT2D eigenvalue weighted by atomic mass is 35.5. The number of cyclic esters (lactones) is 1. The first kappa shape index (κ1) is 19.7. The van der Waals surface area contributed by atoms with Gasteiger partial charge in [0.15, 0.2) is 6.30 Å². The first-order valence-electron chi connectivity index (χ1n) is 9.42. The van der Waals surface area contributed by atoms with Crippen molar-refractivity contribution in [3.8, 4) is 0 Å². The highest BCUT2D eigenvalue weighted by Gasteiger charge is 2.32. The van der Waals surface area contributed by atoms with Gasteiger partial charge in [-0.15, -0.1) is 0 Å². The maximum absolute atomic E-state index is 14.0. The third-order valence-electron chi connectivity index (χ3n) is 4.86. The molecule has 152 valence electrons. The molecule has 0 aliphatic carbocycles. The Kier molecular flexibility index (Phi) is 5.97. The Morgan fingerprint density at radius 3 is 2.59 bits per heavy atom. The molecule has 6 nitrogen and oxygen atoms in total. The topological polar surface area (TPSA) is 54.4 Å². The van der Waals surface area contributed by atoms with Crippen LogP contribution < -0.4 is 9.80 Å². The van der Waals surface area contributed by atoms with Gasteiger partial charge in [0.1, 0.15) is 6.10 Å². The lowest BCUT2D eigenvalue weighted by atomic mass is 10.2. The van der Waals surface area contributed by atoms with Crippen molar-refractivity contribution in [2.75, 3.05) is 42.6 Å². The summed E-state index contributed by atoms with van der Waals surface area (Å²) < 4.78 is 24.5.